The number of unbranched alkanes of at least 4 members (excludes halogenated alkanes) is 30. The van der Waals surface area contributed by atoms with Crippen molar-refractivity contribution in [1.82, 2.24) is 0 Å². The van der Waals surface area contributed by atoms with Crippen LogP contribution >= 0.6 is 11.8 Å². The number of aliphatic hydroxyl groups excluding tert-OH is 2. The van der Waals surface area contributed by atoms with Crippen molar-refractivity contribution < 1.29 is 30.0 Å². The topological polar surface area (TPSA) is 115 Å². The van der Waals surface area contributed by atoms with E-state index in [-0.39, 0.29) is 12.8 Å². The van der Waals surface area contributed by atoms with E-state index in [2.05, 4.69) is 13.8 Å². The molecule has 0 fully saturated rings. The van der Waals surface area contributed by atoms with Crippen molar-refractivity contribution in [2.24, 2.45) is 0 Å². The summed E-state index contributed by atoms with van der Waals surface area (Å²) in [6, 6.07) is 0. The number of aliphatic carboxylic acids is 2. The van der Waals surface area contributed by atoms with E-state index in [9.17, 15) is 9.59 Å². The molecule has 7 heteroatoms. The van der Waals surface area contributed by atoms with Crippen molar-refractivity contribution in [3.8, 4) is 0 Å². The van der Waals surface area contributed by atoms with Crippen LogP contribution in [0.25, 0.3) is 0 Å². The summed E-state index contributed by atoms with van der Waals surface area (Å²) in [6.07, 6.45) is 44.5. The van der Waals surface area contributed by atoms with Crippen molar-refractivity contribution in [3.63, 3.8) is 0 Å². The SMILES string of the molecule is CCCCCCCCCCCCCCCCCCO.CCCCCCCCCCCCCCCCCCO.O=C(O)CCSCCC(=O)O. The third-order valence-electron chi connectivity index (χ3n) is 8.94. The molecule has 0 aliphatic carbocycles. The monoisotopic (exact) mass is 719 g/mol. The van der Waals surface area contributed by atoms with Crippen LogP contribution in [0.4, 0.5) is 0 Å². The van der Waals surface area contributed by atoms with Crippen molar-refractivity contribution >= 4 is 23.7 Å². The second-order valence-electron chi connectivity index (χ2n) is 14.0. The molecule has 0 aliphatic rings. The molecular weight excluding hydrogens is 633 g/mol. The Balaban J connectivity index is -0.000000673. The van der Waals surface area contributed by atoms with E-state index < -0.39 is 11.9 Å². The molecule has 4 N–H and O–H groups in total. The first kappa shape index (κ1) is 52.6. The van der Waals surface area contributed by atoms with Gasteiger partial charge in [0.25, 0.3) is 0 Å². The second kappa shape index (κ2) is 51.6. The molecule has 0 rings (SSSR count). The van der Waals surface area contributed by atoms with Crippen LogP contribution in [0.1, 0.15) is 232 Å². The molecule has 0 aromatic carbocycles. The molecule has 0 heterocycles. The van der Waals surface area contributed by atoms with E-state index in [0.717, 1.165) is 12.8 Å². The molecule has 0 radical (unpaired) electrons. The summed E-state index contributed by atoms with van der Waals surface area (Å²) in [4.78, 5) is 19.9. The van der Waals surface area contributed by atoms with Gasteiger partial charge in [0, 0.05) is 24.7 Å². The summed E-state index contributed by atoms with van der Waals surface area (Å²) >= 11 is 1.35. The maximum Gasteiger partial charge on any atom is 0.304 e. The van der Waals surface area contributed by atoms with E-state index in [0.29, 0.717) is 24.7 Å². The number of carboxylic acid groups (broad SMARTS) is 2. The largest absolute Gasteiger partial charge is 0.481 e. The standard InChI is InChI=1S/2C18H38O.C6H10O4S/c2*1-2-3-4-5-6-7-8-9-10-11-12-13-14-15-16-17-18-19;7-5(8)1-3-11-4-2-6(9)10/h2*19H,2-18H2,1H3;1-4H2,(H,7,8)(H,9,10). The molecule has 0 unspecified atom stereocenters. The molecule has 0 amide bonds. The fourth-order valence-electron chi connectivity index (χ4n) is 5.74. The average molecular weight is 719 g/mol. The molecular formula is C42H86O6S. The Morgan fingerprint density at radius 2 is 0.531 bits per heavy atom. The van der Waals surface area contributed by atoms with E-state index in [1.54, 1.807) is 0 Å². The Bertz CT molecular complexity index is 522. The molecule has 0 aromatic heterocycles. The zero-order chi connectivity index (χ0) is 36.7. The van der Waals surface area contributed by atoms with Gasteiger partial charge in [0.2, 0.25) is 0 Å². The van der Waals surface area contributed by atoms with Gasteiger partial charge in [-0.05, 0) is 12.8 Å². The molecule has 0 saturated heterocycles. The first-order chi connectivity index (χ1) is 24.0. The minimum Gasteiger partial charge on any atom is -0.481 e. The van der Waals surface area contributed by atoms with Gasteiger partial charge in [-0.1, -0.05) is 206 Å². The Kier molecular flexibility index (Phi) is 55.3. The van der Waals surface area contributed by atoms with E-state index in [4.69, 9.17) is 20.4 Å². The number of thioether (sulfide) groups is 1. The fourth-order valence-corrected chi connectivity index (χ4v) is 6.58. The molecule has 6 nitrogen and oxygen atoms in total. The van der Waals surface area contributed by atoms with Crippen LogP contribution in [0.3, 0.4) is 0 Å². The Morgan fingerprint density at radius 3 is 0.694 bits per heavy atom. The lowest BCUT2D eigenvalue weighted by Gasteiger charge is -2.03. The summed E-state index contributed by atoms with van der Waals surface area (Å²) < 4.78 is 0. The number of rotatable bonds is 38. The average Bonchev–Trinajstić information content (AvgIpc) is 3.08. The smallest absolute Gasteiger partial charge is 0.304 e. The summed E-state index contributed by atoms with van der Waals surface area (Å²) in [5.74, 6) is -0.703. The maximum absolute atomic E-state index is 9.97. The van der Waals surface area contributed by atoms with Crippen molar-refractivity contribution in [1.29, 1.82) is 0 Å². The molecule has 0 saturated carbocycles. The lowest BCUT2D eigenvalue weighted by molar-refractivity contribution is -0.137. The van der Waals surface area contributed by atoms with Gasteiger partial charge in [-0.15, -0.1) is 0 Å². The number of carboxylic acids is 2. The highest BCUT2D eigenvalue weighted by Gasteiger charge is 1.99. The summed E-state index contributed by atoms with van der Waals surface area (Å²) in [6.45, 7) is 5.32. The highest BCUT2D eigenvalue weighted by atomic mass is 32.2. The lowest BCUT2D eigenvalue weighted by atomic mass is 10.0. The summed E-state index contributed by atoms with van der Waals surface area (Å²) in [5, 5.41) is 33.7. The third kappa shape index (κ3) is 62.8. The number of aliphatic hydroxyl groups is 2. The molecule has 0 aromatic rings. The van der Waals surface area contributed by atoms with E-state index in [1.807, 2.05) is 0 Å². The molecule has 0 aliphatic heterocycles. The highest BCUT2D eigenvalue weighted by Crippen LogP contribution is 2.15. The number of carbonyl (C=O) groups is 2. The van der Waals surface area contributed by atoms with Crippen LogP contribution in [-0.4, -0.2) is 57.1 Å². The van der Waals surface area contributed by atoms with Crippen LogP contribution in [0, 0.1) is 0 Å². The van der Waals surface area contributed by atoms with Gasteiger partial charge < -0.3 is 20.4 Å². The molecule has 0 spiro atoms. The molecule has 296 valence electrons. The normalized spacial score (nSPS) is 10.7. The summed E-state index contributed by atoms with van der Waals surface area (Å²) in [5.41, 5.74) is 0. The van der Waals surface area contributed by atoms with Crippen molar-refractivity contribution in [3.05, 3.63) is 0 Å². The van der Waals surface area contributed by atoms with Crippen LogP contribution in [0.2, 0.25) is 0 Å². The quantitative estimate of drug-likeness (QED) is 0.0470. The van der Waals surface area contributed by atoms with Crippen molar-refractivity contribution in [2.75, 3.05) is 24.7 Å². The Labute approximate surface area is 309 Å². The second-order valence-corrected chi connectivity index (χ2v) is 15.2. The van der Waals surface area contributed by atoms with Crippen LogP contribution in [0.5, 0.6) is 0 Å². The minimum absolute atomic E-state index is 0.101. The highest BCUT2D eigenvalue weighted by molar-refractivity contribution is 7.99. The van der Waals surface area contributed by atoms with Gasteiger partial charge in [-0.25, -0.2) is 0 Å². The minimum atomic E-state index is -0.840. The Morgan fingerprint density at radius 1 is 0.347 bits per heavy atom. The molecule has 0 bridgehead atoms. The van der Waals surface area contributed by atoms with Crippen LogP contribution < -0.4 is 0 Å². The predicted octanol–water partition coefficient (Wildman–Crippen LogP) is 13.1. The van der Waals surface area contributed by atoms with Gasteiger partial charge in [0.15, 0.2) is 0 Å². The molecule has 0 atom stereocenters. The van der Waals surface area contributed by atoms with Gasteiger partial charge >= 0.3 is 11.9 Å². The number of hydrogen-bond donors (Lipinski definition) is 4. The van der Waals surface area contributed by atoms with Gasteiger partial charge in [0.05, 0.1) is 12.8 Å². The first-order valence-corrected chi connectivity index (χ1v) is 22.3. The van der Waals surface area contributed by atoms with Crippen LogP contribution in [0.15, 0.2) is 0 Å². The third-order valence-corrected chi connectivity index (χ3v) is 9.93. The zero-order valence-electron chi connectivity index (χ0n) is 32.9. The van der Waals surface area contributed by atoms with E-state index in [1.165, 1.54) is 204 Å². The summed E-state index contributed by atoms with van der Waals surface area (Å²) in [7, 11) is 0. The predicted molar refractivity (Wildman–Crippen MR) is 215 cm³/mol. The van der Waals surface area contributed by atoms with Gasteiger partial charge in [-0.2, -0.15) is 11.8 Å². The van der Waals surface area contributed by atoms with Crippen molar-refractivity contribution in [2.45, 2.75) is 232 Å². The maximum atomic E-state index is 9.97. The first-order valence-electron chi connectivity index (χ1n) is 21.2. The van der Waals surface area contributed by atoms with Crippen LogP contribution in [-0.2, 0) is 9.59 Å². The lowest BCUT2D eigenvalue weighted by Crippen LogP contribution is -1.99. The number of hydrogen-bond acceptors (Lipinski definition) is 5. The van der Waals surface area contributed by atoms with E-state index >= 15 is 0 Å². The Hall–Kier alpha value is -0.790. The van der Waals surface area contributed by atoms with Gasteiger partial charge in [0.1, 0.15) is 0 Å². The fraction of sp³-hybridized carbons (Fsp3) is 0.952. The van der Waals surface area contributed by atoms with Gasteiger partial charge in [-0.3, -0.25) is 9.59 Å². The zero-order valence-corrected chi connectivity index (χ0v) is 33.7. The molecule has 49 heavy (non-hydrogen) atoms.